The highest BCUT2D eigenvalue weighted by Gasteiger charge is 2.51. The maximum Gasteiger partial charge on any atom is 0.247 e. The Labute approximate surface area is 201 Å². The van der Waals surface area contributed by atoms with Crippen molar-refractivity contribution in [3.63, 3.8) is 0 Å². The van der Waals surface area contributed by atoms with Crippen LogP contribution in [0.1, 0.15) is 32.8 Å². The number of carbonyl (C=O) groups is 2. The summed E-state index contributed by atoms with van der Waals surface area (Å²) in [6.07, 6.45) is 0.759. The molecule has 1 heterocycles. The second kappa shape index (κ2) is 10.1. The van der Waals surface area contributed by atoms with Crippen molar-refractivity contribution >= 4 is 27.5 Å². The van der Waals surface area contributed by atoms with Gasteiger partial charge in [-0.15, -0.1) is 0 Å². The molecule has 0 unspecified atom stereocenters. The van der Waals surface area contributed by atoms with E-state index in [1.54, 1.807) is 37.3 Å². The number of ether oxygens (including phenoxy) is 1. The number of anilines is 1. The van der Waals surface area contributed by atoms with Crippen molar-refractivity contribution < 1.29 is 22.7 Å². The van der Waals surface area contributed by atoms with Crippen LogP contribution in [0.3, 0.4) is 0 Å². The number of sulfonamides is 1. The summed E-state index contributed by atoms with van der Waals surface area (Å²) in [6.45, 7) is 7.42. The number of aryl methyl sites for hydroxylation is 1. The molecule has 34 heavy (non-hydrogen) atoms. The molecule has 2 aromatic rings. The molecule has 1 fully saturated rings. The van der Waals surface area contributed by atoms with Crippen LogP contribution in [0.5, 0.6) is 5.75 Å². The molecule has 0 radical (unpaired) electrons. The summed E-state index contributed by atoms with van der Waals surface area (Å²) < 4.78 is 33.3. The highest BCUT2D eigenvalue weighted by atomic mass is 32.2. The van der Waals surface area contributed by atoms with E-state index in [0.717, 1.165) is 16.3 Å². The fourth-order valence-electron chi connectivity index (χ4n) is 4.09. The van der Waals surface area contributed by atoms with E-state index in [1.807, 2.05) is 13.0 Å². The Balaban J connectivity index is 2.07. The minimum absolute atomic E-state index is 0.0759. The number of piperazine rings is 1. The van der Waals surface area contributed by atoms with Gasteiger partial charge >= 0.3 is 0 Å². The number of hydrogen-bond acceptors (Lipinski definition) is 5. The summed E-state index contributed by atoms with van der Waals surface area (Å²) in [5, 5.41) is 2.91. The highest BCUT2D eigenvalue weighted by molar-refractivity contribution is 7.89. The van der Waals surface area contributed by atoms with Crippen LogP contribution in [0.25, 0.3) is 0 Å². The topological polar surface area (TPSA) is 96.0 Å². The molecule has 1 aliphatic rings. The first kappa shape index (κ1) is 25.7. The van der Waals surface area contributed by atoms with Crippen molar-refractivity contribution in [3.05, 3.63) is 54.1 Å². The van der Waals surface area contributed by atoms with Crippen LogP contribution in [-0.2, 0) is 19.6 Å². The van der Waals surface area contributed by atoms with Crippen molar-refractivity contribution in [2.75, 3.05) is 31.6 Å². The number of benzene rings is 2. The van der Waals surface area contributed by atoms with Gasteiger partial charge in [0, 0.05) is 13.1 Å². The molecule has 184 valence electrons. The highest BCUT2D eigenvalue weighted by Crippen LogP contribution is 2.38. The first-order chi connectivity index (χ1) is 16.0. The Morgan fingerprint density at radius 2 is 1.85 bits per heavy atom. The summed E-state index contributed by atoms with van der Waals surface area (Å²) in [6, 6.07) is 13.3. The molecular weight excluding hydrogens is 454 g/mol. The van der Waals surface area contributed by atoms with Gasteiger partial charge in [0.25, 0.3) is 0 Å². The minimum Gasteiger partial charge on any atom is -0.495 e. The van der Waals surface area contributed by atoms with Gasteiger partial charge in [0.05, 0.1) is 24.2 Å². The molecule has 3 rings (SSSR count). The third-order valence-corrected chi connectivity index (χ3v) is 7.80. The molecule has 0 aromatic heterocycles. The van der Waals surface area contributed by atoms with Crippen LogP contribution in [0.4, 0.5) is 5.69 Å². The zero-order chi connectivity index (χ0) is 25.1. The number of carbonyl (C=O) groups excluding carboxylic acids is 2. The van der Waals surface area contributed by atoms with Gasteiger partial charge in [0.2, 0.25) is 21.8 Å². The first-order valence-electron chi connectivity index (χ1n) is 11.3. The van der Waals surface area contributed by atoms with E-state index >= 15 is 0 Å². The van der Waals surface area contributed by atoms with E-state index in [-0.39, 0.29) is 18.0 Å². The van der Waals surface area contributed by atoms with Crippen LogP contribution >= 0.6 is 0 Å². The number of nitrogens with one attached hydrogen (secondary N) is 1. The summed E-state index contributed by atoms with van der Waals surface area (Å²) in [5.74, 6) is -0.113. The van der Waals surface area contributed by atoms with Gasteiger partial charge in [0.1, 0.15) is 11.3 Å². The van der Waals surface area contributed by atoms with Gasteiger partial charge in [-0.3, -0.25) is 14.5 Å². The zero-order valence-electron chi connectivity index (χ0n) is 20.4. The van der Waals surface area contributed by atoms with E-state index in [9.17, 15) is 18.0 Å². The predicted octanol–water partition coefficient (Wildman–Crippen LogP) is 2.96. The number of hydrogen-bond donors (Lipinski definition) is 1. The minimum atomic E-state index is -3.99. The number of amides is 2. The van der Waals surface area contributed by atoms with Crippen LogP contribution in [0.15, 0.2) is 53.4 Å². The van der Waals surface area contributed by atoms with Gasteiger partial charge in [-0.2, -0.15) is 4.31 Å². The summed E-state index contributed by atoms with van der Waals surface area (Å²) >= 11 is 0. The molecule has 1 aliphatic heterocycles. The second-order valence-corrected chi connectivity index (χ2v) is 11.1. The van der Waals surface area contributed by atoms with Gasteiger partial charge in [-0.05, 0) is 56.0 Å². The van der Waals surface area contributed by atoms with Gasteiger partial charge in [-0.25, -0.2) is 8.42 Å². The smallest absolute Gasteiger partial charge is 0.247 e. The Morgan fingerprint density at radius 3 is 2.47 bits per heavy atom. The summed E-state index contributed by atoms with van der Waals surface area (Å²) in [7, 11) is -2.49. The fourth-order valence-corrected chi connectivity index (χ4v) is 5.59. The molecule has 8 nitrogen and oxygen atoms in total. The molecule has 0 saturated carbocycles. The van der Waals surface area contributed by atoms with Crippen LogP contribution in [0.2, 0.25) is 0 Å². The average molecular weight is 488 g/mol. The quantitative estimate of drug-likeness (QED) is 0.618. The van der Waals surface area contributed by atoms with E-state index in [1.165, 1.54) is 24.1 Å². The van der Waals surface area contributed by atoms with Crippen molar-refractivity contribution in [2.24, 2.45) is 5.92 Å². The van der Waals surface area contributed by atoms with E-state index < -0.39 is 27.4 Å². The third-order valence-electron chi connectivity index (χ3n) is 5.99. The van der Waals surface area contributed by atoms with Crippen LogP contribution < -0.4 is 15.0 Å². The first-order valence-corrected chi connectivity index (χ1v) is 12.8. The van der Waals surface area contributed by atoms with E-state index in [4.69, 9.17) is 4.74 Å². The maximum atomic E-state index is 13.6. The SMILES string of the molecule is COc1ccc(C)cc1N1C(=O)CN(S(=O)(=O)c2ccccc2)C[C@]1(C)C(=O)NCCC(C)C. The zero-order valence-corrected chi connectivity index (χ0v) is 21.2. The van der Waals surface area contributed by atoms with Gasteiger partial charge in [0.15, 0.2) is 0 Å². The Hall–Kier alpha value is -2.91. The Morgan fingerprint density at radius 1 is 1.18 bits per heavy atom. The lowest BCUT2D eigenvalue weighted by Crippen LogP contribution is -2.70. The molecule has 1 saturated heterocycles. The van der Waals surface area contributed by atoms with Gasteiger partial charge in [-0.1, -0.05) is 38.1 Å². The molecule has 0 spiro atoms. The Kier molecular flexibility index (Phi) is 7.67. The molecule has 1 N–H and O–H groups in total. The van der Waals surface area contributed by atoms with Gasteiger partial charge < -0.3 is 10.1 Å². The molecule has 9 heteroatoms. The molecule has 0 aliphatic carbocycles. The fraction of sp³-hybridized carbons (Fsp3) is 0.440. The molecule has 2 aromatic carbocycles. The third kappa shape index (κ3) is 5.10. The molecular formula is C25H33N3O5S. The van der Waals surface area contributed by atoms with E-state index in [0.29, 0.717) is 23.9 Å². The lowest BCUT2D eigenvalue weighted by Gasteiger charge is -2.47. The van der Waals surface area contributed by atoms with Crippen molar-refractivity contribution in [1.82, 2.24) is 9.62 Å². The molecule has 2 amide bonds. The second-order valence-electron chi connectivity index (χ2n) is 9.20. The van der Waals surface area contributed by atoms with Crippen LogP contribution in [-0.4, -0.2) is 56.8 Å². The van der Waals surface area contributed by atoms with Crippen molar-refractivity contribution in [2.45, 2.75) is 44.6 Å². The maximum absolute atomic E-state index is 13.6. The predicted molar refractivity (Wildman–Crippen MR) is 131 cm³/mol. The Bertz CT molecular complexity index is 1150. The number of nitrogens with zero attached hydrogens (tertiary/aromatic N) is 2. The number of methoxy groups -OCH3 is 1. The average Bonchev–Trinajstić information content (AvgIpc) is 2.79. The summed E-state index contributed by atoms with van der Waals surface area (Å²) in [5.41, 5.74) is -0.175. The largest absolute Gasteiger partial charge is 0.495 e. The molecule has 1 atom stereocenters. The standard InChI is InChI=1S/C25H33N3O5S/c1-18(2)13-14-26-24(30)25(4)17-27(34(31,32)20-9-7-6-8-10-20)16-23(29)28(25)21-15-19(3)11-12-22(21)33-5/h6-12,15,18H,13-14,16-17H2,1-5H3,(H,26,30)/t25-/m1/s1. The lowest BCUT2D eigenvalue weighted by atomic mass is 9.93. The summed E-state index contributed by atoms with van der Waals surface area (Å²) in [4.78, 5) is 28.6. The van der Waals surface area contributed by atoms with Crippen molar-refractivity contribution in [3.8, 4) is 5.75 Å². The van der Waals surface area contributed by atoms with E-state index in [2.05, 4.69) is 19.2 Å². The monoisotopic (exact) mass is 487 g/mol. The lowest BCUT2D eigenvalue weighted by molar-refractivity contribution is -0.132. The number of rotatable bonds is 8. The molecule has 0 bridgehead atoms. The normalized spacial score (nSPS) is 19.4. The van der Waals surface area contributed by atoms with Crippen LogP contribution in [0, 0.1) is 12.8 Å². The van der Waals surface area contributed by atoms with Crippen molar-refractivity contribution in [1.29, 1.82) is 0 Å².